The summed E-state index contributed by atoms with van der Waals surface area (Å²) in [6.45, 7) is 4.27. The number of nitrogens with zero attached hydrogens (tertiary/aromatic N) is 2. The van der Waals surface area contributed by atoms with Crippen LogP contribution in [-0.4, -0.2) is 15.5 Å². The average Bonchev–Trinajstić information content (AvgIpc) is 3.15. The van der Waals surface area contributed by atoms with Crippen molar-refractivity contribution >= 4 is 22.6 Å². The summed E-state index contributed by atoms with van der Waals surface area (Å²) in [5, 5.41) is 2.97. The van der Waals surface area contributed by atoms with Crippen LogP contribution in [-0.2, 0) is 11.8 Å². The molecule has 3 rings (SSSR count). The Labute approximate surface area is 112 Å². The monoisotopic (exact) mass is 257 g/mol. The van der Waals surface area contributed by atoms with E-state index >= 15 is 0 Å². The Morgan fingerprint density at radius 1 is 1.42 bits per heavy atom. The van der Waals surface area contributed by atoms with Crippen molar-refractivity contribution in [3.05, 3.63) is 24.0 Å². The van der Waals surface area contributed by atoms with E-state index in [0.717, 1.165) is 35.4 Å². The summed E-state index contributed by atoms with van der Waals surface area (Å²) in [5.74, 6) is 1.83. The van der Waals surface area contributed by atoms with Crippen LogP contribution in [0.2, 0.25) is 0 Å². The van der Waals surface area contributed by atoms with Gasteiger partial charge in [0.25, 0.3) is 0 Å². The van der Waals surface area contributed by atoms with E-state index < -0.39 is 0 Å². The van der Waals surface area contributed by atoms with Crippen LogP contribution >= 0.6 is 0 Å². The van der Waals surface area contributed by atoms with Crippen molar-refractivity contribution in [2.24, 2.45) is 13.0 Å². The van der Waals surface area contributed by atoms with Gasteiger partial charge in [-0.15, -0.1) is 0 Å². The van der Waals surface area contributed by atoms with Crippen LogP contribution in [0.5, 0.6) is 0 Å². The number of rotatable bonds is 3. The van der Waals surface area contributed by atoms with E-state index in [4.69, 9.17) is 0 Å². The van der Waals surface area contributed by atoms with Gasteiger partial charge in [-0.05, 0) is 31.0 Å². The molecule has 1 aromatic carbocycles. The molecule has 2 aromatic rings. The molecular weight excluding hydrogens is 238 g/mol. The van der Waals surface area contributed by atoms with Gasteiger partial charge < -0.3 is 9.88 Å². The fourth-order valence-corrected chi connectivity index (χ4v) is 2.40. The van der Waals surface area contributed by atoms with Crippen molar-refractivity contribution in [2.45, 2.75) is 32.6 Å². The van der Waals surface area contributed by atoms with Crippen molar-refractivity contribution < 1.29 is 4.79 Å². The fourth-order valence-electron chi connectivity index (χ4n) is 2.40. The first-order valence-electron chi connectivity index (χ1n) is 6.83. The van der Waals surface area contributed by atoms with Gasteiger partial charge in [0, 0.05) is 24.6 Å². The Balaban J connectivity index is 1.94. The van der Waals surface area contributed by atoms with E-state index in [2.05, 4.69) is 28.7 Å². The molecule has 0 unspecified atom stereocenters. The Hall–Kier alpha value is -1.84. The average molecular weight is 257 g/mol. The van der Waals surface area contributed by atoms with Crippen LogP contribution in [0.1, 0.15) is 38.4 Å². The second-order valence-electron chi connectivity index (χ2n) is 5.65. The van der Waals surface area contributed by atoms with Crippen molar-refractivity contribution in [3.8, 4) is 0 Å². The second-order valence-corrected chi connectivity index (χ2v) is 5.65. The zero-order valence-corrected chi connectivity index (χ0v) is 11.6. The van der Waals surface area contributed by atoms with E-state index in [1.807, 2.05) is 25.2 Å². The zero-order chi connectivity index (χ0) is 13.6. The molecule has 0 radical (unpaired) electrons. The first kappa shape index (κ1) is 12.2. The molecule has 1 fully saturated rings. The maximum absolute atomic E-state index is 11.8. The van der Waals surface area contributed by atoms with Crippen LogP contribution < -0.4 is 5.32 Å². The number of imidazole rings is 1. The minimum atomic E-state index is 0.138. The number of hydrogen-bond acceptors (Lipinski definition) is 2. The number of aromatic nitrogens is 2. The quantitative estimate of drug-likeness (QED) is 0.918. The third kappa shape index (κ3) is 2.23. The smallest absolute Gasteiger partial charge is 0.227 e. The van der Waals surface area contributed by atoms with E-state index in [-0.39, 0.29) is 11.8 Å². The van der Waals surface area contributed by atoms with E-state index in [1.54, 1.807) is 0 Å². The van der Waals surface area contributed by atoms with Gasteiger partial charge in [-0.2, -0.15) is 0 Å². The standard InChI is InChI=1S/C15H19N3O/c1-9(2)14-17-12-8-11(6-7-13(12)18(14)3)16-15(19)10-4-5-10/h6-10H,4-5H2,1-3H3,(H,16,19). The third-order valence-electron chi connectivity index (χ3n) is 3.65. The number of nitrogens with one attached hydrogen (secondary N) is 1. The molecule has 4 heteroatoms. The molecule has 0 spiro atoms. The van der Waals surface area contributed by atoms with Crippen molar-refractivity contribution in [3.63, 3.8) is 0 Å². The molecule has 0 atom stereocenters. The van der Waals surface area contributed by atoms with E-state index in [0.29, 0.717) is 5.92 Å². The first-order valence-corrected chi connectivity index (χ1v) is 6.83. The highest BCUT2D eigenvalue weighted by Crippen LogP contribution is 2.30. The lowest BCUT2D eigenvalue weighted by Crippen LogP contribution is -2.13. The maximum Gasteiger partial charge on any atom is 0.227 e. The number of hydrogen-bond donors (Lipinski definition) is 1. The summed E-state index contributed by atoms with van der Waals surface area (Å²) in [7, 11) is 2.03. The summed E-state index contributed by atoms with van der Waals surface area (Å²) in [6.07, 6.45) is 2.05. The Morgan fingerprint density at radius 2 is 2.16 bits per heavy atom. The van der Waals surface area contributed by atoms with E-state index in [9.17, 15) is 4.79 Å². The third-order valence-corrected chi connectivity index (χ3v) is 3.65. The number of amides is 1. The minimum Gasteiger partial charge on any atom is -0.331 e. The van der Waals surface area contributed by atoms with Crippen molar-refractivity contribution in [1.82, 2.24) is 9.55 Å². The molecular formula is C15H19N3O. The molecule has 19 heavy (non-hydrogen) atoms. The van der Waals surface area contributed by atoms with Crippen molar-refractivity contribution in [2.75, 3.05) is 5.32 Å². The Kier molecular flexibility index (Phi) is 2.81. The molecule has 1 heterocycles. The topological polar surface area (TPSA) is 46.9 Å². The van der Waals surface area contributed by atoms with Crippen LogP contribution in [0.3, 0.4) is 0 Å². The SMILES string of the molecule is CC(C)c1nc2cc(NC(=O)C3CC3)ccc2n1C. The highest BCUT2D eigenvalue weighted by Gasteiger charge is 2.29. The molecule has 1 saturated carbocycles. The first-order chi connectivity index (χ1) is 9.06. The molecule has 0 saturated heterocycles. The molecule has 1 amide bonds. The van der Waals surface area contributed by atoms with Gasteiger partial charge >= 0.3 is 0 Å². The van der Waals surface area contributed by atoms with Crippen LogP contribution in [0.4, 0.5) is 5.69 Å². The van der Waals surface area contributed by atoms with Gasteiger partial charge in [-0.25, -0.2) is 4.98 Å². The summed E-state index contributed by atoms with van der Waals surface area (Å²) in [5.41, 5.74) is 2.89. The number of carbonyl (C=O) groups excluding carboxylic acids is 1. The Bertz CT molecular complexity index is 638. The molecule has 1 aliphatic carbocycles. The fraction of sp³-hybridized carbons (Fsp3) is 0.467. The van der Waals surface area contributed by atoms with Gasteiger partial charge in [0.2, 0.25) is 5.91 Å². The number of anilines is 1. The number of carbonyl (C=O) groups is 1. The highest BCUT2D eigenvalue weighted by atomic mass is 16.2. The van der Waals surface area contributed by atoms with Crippen LogP contribution in [0.25, 0.3) is 11.0 Å². The van der Waals surface area contributed by atoms with Crippen LogP contribution in [0.15, 0.2) is 18.2 Å². The largest absolute Gasteiger partial charge is 0.331 e. The van der Waals surface area contributed by atoms with E-state index in [1.165, 1.54) is 0 Å². The summed E-state index contributed by atoms with van der Waals surface area (Å²) >= 11 is 0. The second kappa shape index (κ2) is 4.37. The molecule has 1 aromatic heterocycles. The predicted octanol–water partition coefficient (Wildman–Crippen LogP) is 3.05. The van der Waals surface area contributed by atoms with Gasteiger partial charge in [0.05, 0.1) is 11.0 Å². The molecule has 1 N–H and O–H groups in total. The summed E-state index contributed by atoms with van der Waals surface area (Å²) in [6, 6.07) is 5.94. The van der Waals surface area contributed by atoms with Gasteiger partial charge in [0.1, 0.15) is 5.82 Å². The number of fused-ring (bicyclic) bond motifs is 1. The highest BCUT2D eigenvalue weighted by molar-refractivity contribution is 5.95. The van der Waals surface area contributed by atoms with Crippen LogP contribution in [0, 0.1) is 5.92 Å². The Morgan fingerprint density at radius 3 is 2.79 bits per heavy atom. The molecule has 0 aliphatic heterocycles. The number of aryl methyl sites for hydroxylation is 1. The van der Waals surface area contributed by atoms with Gasteiger partial charge in [-0.3, -0.25) is 4.79 Å². The lowest BCUT2D eigenvalue weighted by atomic mass is 10.2. The summed E-state index contributed by atoms with van der Waals surface area (Å²) < 4.78 is 2.12. The van der Waals surface area contributed by atoms with Gasteiger partial charge in [0.15, 0.2) is 0 Å². The maximum atomic E-state index is 11.8. The molecule has 100 valence electrons. The normalized spacial score (nSPS) is 15.2. The lowest BCUT2D eigenvalue weighted by Gasteiger charge is -2.05. The summed E-state index contributed by atoms with van der Waals surface area (Å²) in [4.78, 5) is 16.4. The predicted molar refractivity (Wildman–Crippen MR) is 76.2 cm³/mol. The lowest BCUT2D eigenvalue weighted by molar-refractivity contribution is -0.117. The van der Waals surface area contributed by atoms with Crippen molar-refractivity contribution in [1.29, 1.82) is 0 Å². The molecule has 0 bridgehead atoms. The molecule has 1 aliphatic rings. The zero-order valence-electron chi connectivity index (χ0n) is 11.6. The minimum absolute atomic E-state index is 0.138. The number of benzene rings is 1. The molecule has 4 nitrogen and oxygen atoms in total. The van der Waals surface area contributed by atoms with Gasteiger partial charge in [-0.1, -0.05) is 13.8 Å².